The first-order chi connectivity index (χ1) is 7.70. The third-order valence-corrected chi connectivity index (χ3v) is 3.27. The number of nitrogens with zero attached hydrogens (tertiary/aromatic N) is 1. The minimum Gasteiger partial charge on any atom is -0.191 e. The predicted molar refractivity (Wildman–Crippen MR) is 70.9 cm³/mol. The molecule has 0 fully saturated rings. The van der Waals surface area contributed by atoms with Gasteiger partial charge >= 0.3 is 10.2 Å². The zero-order valence-corrected chi connectivity index (χ0v) is 11.5. The van der Waals surface area contributed by atoms with Crippen LogP contribution in [-0.2, 0) is 10.2 Å². The van der Waals surface area contributed by atoms with Crippen LogP contribution in [0.2, 0.25) is 5.02 Å². The Bertz CT molecular complexity index is 519. The van der Waals surface area contributed by atoms with E-state index in [1.807, 2.05) is 0 Å². The van der Waals surface area contributed by atoms with Crippen LogP contribution in [0.15, 0.2) is 28.7 Å². The zero-order chi connectivity index (χ0) is 13.1. The Balaban J connectivity index is 2.89. The monoisotopic (exact) mass is 274 g/mol. The molecule has 0 radical (unpaired) electrons. The molecule has 1 rings (SSSR count). The summed E-state index contributed by atoms with van der Waals surface area (Å²) in [6, 6.07) is 6.89. The molecule has 0 amide bonds. The molecule has 0 bridgehead atoms. The smallest absolute Gasteiger partial charge is 0.191 e. The third-order valence-electron chi connectivity index (χ3n) is 1.67. The van der Waals surface area contributed by atoms with E-state index in [0.717, 1.165) is 0 Å². The quantitative estimate of drug-likeness (QED) is 0.861. The molecule has 94 valence electrons. The van der Waals surface area contributed by atoms with Gasteiger partial charge in [-0.2, -0.15) is 17.5 Å². The van der Waals surface area contributed by atoms with Gasteiger partial charge in [0.1, 0.15) is 0 Å². The van der Waals surface area contributed by atoms with Crippen LogP contribution in [0.4, 0.5) is 0 Å². The lowest BCUT2D eigenvalue weighted by Gasteiger charge is -2.17. The van der Waals surface area contributed by atoms with Crippen molar-refractivity contribution in [2.45, 2.75) is 26.3 Å². The molecule has 0 unspecified atom stereocenters. The Morgan fingerprint density at radius 2 is 1.88 bits per heavy atom. The molecule has 0 aliphatic rings. The second-order valence-electron chi connectivity index (χ2n) is 4.58. The van der Waals surface area contributed by atoms with Crippen molar-refractivity contribution in [3.8, 4) is 0 Å². The second kappa shape index (κ2) is 5.16. The first-order valence-corrected chi connectivity index (χ1v) is 6.85. The predicted octanol–water partition coefficient (Wildman–Crippen LogP) is 2.39. The normalized spacial score (nSPS) is 13.2. The number of rotatable bonds is 3. The van der Waals surface area contributed by atoms with Crippen LogP contribution < -0.4 is 4.72 Å². The Kier molecular flexibility index (Phi) is 4.30. The van der Waals surface area contributed by atoms with Gasteiger partial charge in [-0.05, 0) is 26.8 Å². The average molecular weight is 275 g/mol. The molecular weight excluding hydrogens is 260 g/mol. The van der Waals surface area contributed by atoms with E-state index in [4.69, 9.17) is 11.6 Å². The Hall–Kier alpha value is -0.910. The molecule has 1 aromatic carbocycles. The van der Waals surface area contributed by atoms with E-state index in [2.05, 4.69) is 9.12 Å². The molecule has 0 saturated heterocycles. The van der Waals surface area contributed by atoms with Gasteiger partial charge in [0, 0.05) is 16.1 Å². The highest BCUT2D eigenvalue weighted by atomic mass is 35.5. The highest BCUT2D eigenvalue weighted by Crippen LogP contribution is 2.13. The number of hydrogen-bond donors (Lipinski definition) is 1. The van der Waals surface area contributed by atoms with E-state index in [0.29, 0.717) is 10.6 Å². The van der Waals surface area contributed by atoms with Crippen molar-refractivity contribution < 1.29 is 8.42 Å². The molecule has 6 heteroatoms. The molecule has 0 heterocycles. The van der Waals surface area contributed by atoms with E-state index in [1.54, 1.807) is 45.0 Å². The minimum absolute atomic E-state index is 0.460. The summed E-state index contributed by atoms with van der Waals surface area (Å²) in [5.41, 5.74) is 0.00451. The summed E-state index contributed by atoms with van der Waals surface area (Å²) in [7, 11) is -3.69. The SMILES string of the molecule is CC(C)(C)NS(=O)(=O)/N=C/c1ccccc1Cl. The van der Waals surface area contributed by atoms with E-state index >= 15 is 0 Å². The van der Waals surface area contributed by atoms with E-state index in [-0.39, 0.29) is 0 Å². The van der Waals surface area contributed by atoms with Crippen LogP contribution in [0.25, 0.3) is 0 Å². The molecule has 0 aromatic heterocycles. The fourth-order valence-electron chi connectivity index (χ4n) is 1.12. The van der Waals surface area contributed by atoms with Crippen molar-refractivity contribution in [3.05, 3.63) is 34.9 Å². The van der Waals surface area contributed by atoms with Gasteiger partial charge in [0.2, 0.25) is 0 Å². The van der Waals surface area contributed by atoms with Crippen molar-refractivity contribution >= 4 is 28.0 Å². The molecule has 0 aliphatic heterocycles. The van der Waals surface area contributed by atoms with E-state index in [1.165, 1.54) is 6.21 Å². The van der Waals surface area contributed by atoms with Gasteiger partial charge in [-0.1, -0.05) is 29.8 Å². The van der Waals surface area contributed by atoms with Gasteiger partial charge in [0.15, 0.2) is 0 Å². The Labute approximate surface area is 107 Å². The van der Waals surface area contributed by atoms with Crippen LogP contribution in [-0.4, -0.2) is 20.2 Å². The third kappa shape index (κ3) is 5.30. The van der Waals surface area contributed by atoms with Crippen LogP contribution >= 0.6 is 11.6 Å². The topological polar surface area (TPSA) is 58.5 Å². The lowest BCUT2D eigenvalue weighted by atomic mass is 10.1. The molecule has 0 saturated carbocycles. The largest absolute Gasteiger partial charge is 0.320 e. The fourth-order valence-corrected chi connectivity index (χ4v) is 2.38. The van der Waals surface area contributed by atoms with Gasteiger partial charge < -0.3 is 0 Å². The highest BCUT2D eigenvalue weighted by molar-refractivity contribution is 7.88. The lowest BCUT2D eigenvalue weighted by Crippen LogP contribution is -2.39. The lowest BCUT2D eigenvalue weighted by molar-refractivity contribution is 0.492. The molecule has 0 aliphatic carbocycles. The summed E-state index contributed by atoms with van der Waals surface area (Å²) in [5, 5.41) is 0.460. The minimum atomic E-state index is -3.69. The first kappa shape index (κ1) is 14.2. The summed E-state index contributed by atoms with van der Waals surface area (Å²) in [4.78, 5) is 0. The molecule has 0 atom stereocenters. The maximum Gasteiger partial charge on any atom is 0.320 e. The van der Waals surface area contributed by atoms with Crippen molar-refractivity contribution in [3.63, 3.8) is 0 Å². The van der Waals surface area contributed by atoms with Gasteiger partial charge in [-0.15, -0.1) is 0 Å². The van der Waals surface area contributed by atoms with Crippen molar-refractivity contribution in [2.24, 2.45) is 4.40 Å². The summed E-state index contributed by atoms with van der Waals surface area (Å²) >= 11 is 5.88. The van der Waals surface area contributed by atoms with Crippen LogP contribution in [0.3, 0.4) is 0 Å². The highest BCUT2D eigenvalue weighted by Gasteiger charge is 2.18. The molecule has 1 N–H and O–H groups in total. The number of hydrogen-bond acceptors (Lipinski definition) is 2. The zero-order valence-electron chi connectivity index (χ0n) is 9.94. The average Bonchev–Trinajstić information content (AvgIpc) is 2.13. The number of halogens is 1. The molecule has 4 nitrogen and oxygen atoms in total. The van der Waals surface area contributed by atoms with Crippen molar-refractivity contribution in [1.29, 1.82) is 0 Å². The summed E-state index contributed by atoms with van der Waals surface area (Å²) in [6.07, 6.45) is 1.23. The molecule has 1 aromatic rings. The Morgan fingerprint density at radius 1 is 1.29 bits per heavy atom. The maximum atomic E-state index is 11.6. The van der Waals surface area contributed by atoms with Crippen LogP contribution in [0.5, 0.6) is 0 Å². The first-order valence-electron chi connectivity index (χ1n) is 5.03. The number of nitrogens with one attached hydrogen (secondary N) is 1. The van der Waals surface area contributed by atoms with Crippen LogP contribution in [0, 0.1) is 0 Å². The Morgan fingerprint density at radius 3 is 2.41 bits per heavy atom. The molecule has 0 spiro atoms. The molecule has 17 heavy (non-hydrogen) atoms. The van der Waals surface area contributed by atoms with Crippen molar-refractivity contribution in [2.75, 3.05) is 0 Å². The van der Waals surface area contributed by atoms with E-state index in [9.17, 15) is 8.42 Å². The van der Waals surface area contributed by atoms with Gasteiger partial charge in [0.05, 0.1) is 6.21 Å². The second-order valence-corrected chi connectivity index (χ2v) is 6.36. The van der Waals surface area contributed by atoms with Gasteiger partial charge in [0.25, 0.3) is 0 Å². The summed E-state index contributed by atoms with van der Waals surface area (Å²) in [5.74, 6) is 0. The van der Waals surface area contributed by atoms with Gasteiger partial charge in [-0.3, -0.25) is 0 Å². The summed E-state index contributed by atoms with van der Waals surface area (Å²) in [6.45, 7) is 5.24. The van der Waals surface area contributed by atoms with Gasteiger partial charge in [-0.25, -0.2) is 0 Å². The summed E-state index contributed by atoms with van der Waals surface area (Å²) < 4.78 is 29.1. The van der Waals surface area contributed by atoms with E-state index < -0.39 is 15.7 Å². The standard InChI is InChI=1S/C11H15ClN2O2S/c1-11(2,3)14-17(15,16)13-8-9-6-4-5-7-10(9)12/h4-8,14H,1-3H3/b13-8+. The number of benzene rings is 1. The molecular formula is C11H15ClN2O2S. The van der Waals surface area contributed by atoms with Crippen molar-refractivity contribution in [1.82, 2.24) is 4.72 Å². The maximum absolute atomic E-state index is 11.6. The fraction of sp³-hybridized carbons (Fsp3) is 0.364. The van der Waals surface area contributed by atoms with Crippen LogP contribution in [0.1, 0.15) is 26.3 Å².